The van der Waals surface area contributed by atoms with Gasteiger partial charge in [-0.15, -0.1) is 0 Å². The van der Waals surface area contributed by atoms with E-state index in [1.165, 1.54) is 14.2 Å². The summed E-state index contributed by atoms with van der Waals surface area (Å²) in [5.41, 5.74) is 6.65. The smallest absolute Gasteiger partial charge is 0.407 e. The van der Waals surface area contributed by atoms with E-state index in [1.807, 2.05) is 41.4 Å². The molecule has 3 fully saturated rings. The van der Waals surface area contributed by atoms with Crippen molar-refractivity contribution in [3.8, 4) is 33.6 Å². The number of carbonyl (C=O) groups excluding carboxylic acids is 4. The van der Waals surface area contributed by atoms with Crippen LogP contribution in [0.5, 0.6) is 0 Å². The normalized spacial score (nSPS) is 18.9. The number of nitrogens with one attached hydrogen (secondary N) is 4. The summed E-state index contributed by atoms with van der Waals surface area (Å²) < 4.78 is 9.53. The fourth-order valence-corrected chi connectivity index (χ4v) is 9.15. The highest BCUT2D eigenvalue weighted by Gasteiger charge is 2.51. The van der Waals surface area contributed by atoms with E-state index in [1.54, 1.807) is 11.1 Å². The Bertz CT molecular complexity index is 2620. The number of H-pyrrole nitrogens is 2. The van der Waals surface area contributed by atoms with Gasteiger partial charge in [-0.2, -0.15) is 0 Å². The van der Waals surface area contributed by atoms with Gasteiger partial charge in [-0.05, 0) is 88.6 Å². The fourth-order valence-electron chi connectivity index (χ4n) is 9.15. The maximum Gasteiger partial charge on any atom is 0.407 e. The number of likely N-dealkylation sites (tertiary alicyclic amines) is 1. The molecular formula is C48H50N8O6. The number of hydrogen-bond donors (Lipinski definition) is 4. The van der Waals surface area contributed by atoms with E-state index >= 15 is 0 Å². The van der Waals surface area contributed by atoms with Gasteiger partial charge in [-0.25, -0.2) is 19.6 Å². The first-order valence-corrected chi connectivity index (χ1v) is 21.1. The average Bonchev–Trinajstić information content (AvgIpc) is 3.85. The zero-order chi connectivity index (χ0) is 43.0. The third-order valence-electron chi connectivity index (χ3n) is 12.8. The summed E-state index contributed by atoms with van der Waals surface area (Å²) >= 11 is 0. The minimum absolute atomic E-state index is 0.0768. The van der Waals surface area contributed by atoms with Gasteiger partial charge >= 0.3 is 12.2 Å². The van der Waals surface area contributed by atoms with E-state index in [0.717, 1.165) is 82.3 Å². The predicted molar refractivity (Wildman–Crippen MR) is 233 cm³/mol. The molecule has 4 atom stereocenters. The molecule has 6 aromatic rings. The Hall–Kier alpha value is -6.96. The van der Waals surface area contributed by atoms with Crippen molar-refractivity contribution in [2.45, 2.75) is 63.7 Å². The molecule has 1 unspecified atom stereocenters. The Morgan fingerprint density at radius 3 is 2.19 bits per heavy atom. The second kappa shape index (κ2) is 16.8. The van der Waals surface area contributed by atoms with E-state index in [-0.39, 0.29) is 41.8 Å². The van der Waals surface area contributed by atoms with Gasteiger partial charge in [0, 0.05) is 18.2 Å². The SMILES string of the molecule is COC(=O)NCC(=O)N(Cc1ncc(-c2ccc3cc(-c4ccc(-c5cnc([C@@H]6[C@H]7CC[C@H](C7)N6C(=O)C(NC(=O)OC)c6ccccc6)[nH]5)cc4)ccc3c2)[nH]1)CC1(C)CC1. The third kappa shape index (κ3) is 8.37. The third-order valence-corrected chi connectivity index (χ3v) is 12.8. The van der Waals surface area contributed by atoms with Crippen LogP contribution in [0.25, 0.3) is 44.4 Å². The second-order valence-corrected chi connectivity index (χ2v) is 17.1. The Balaban J connectivity index is 0.880. The van der Waals surface area contributed by atoms with Crippen LogP contribution in [-0.4, -0.2) is 87.1 Å². The number of amides is 4. The molecule has 318 valence electrons. The van der Waals surface area contributed by atoms with Crippen molar-refractivity contribution < 1.29 is 28.7 Å². The maximum atomic E-state index is 14.3. The minimum atomic E-state index is -0.874. The molecule has 3 heterocycles. The number of methoxy groups -OCH3 is 2. The molecule has 14 nitrogen and oxygen atoms in total. The minimum Gasteiger partial charge on any atom is -0.453 e. The van der Waals surface area contributed by atoms with Gasteiger partial charge in [-0.1, -0.05) is 85.8 Å². The van der Waals surface area contributed by atoms with Crippen LogP contribution >= 0.6 is 0 Å². The van der Waals surface area contributed by atoms with Crippen LogP contribution in [0.3, 0.4) is 0 Å². The molecule has 9 rings (SSSR count). The monoisotopic (exact) mass is 834 g/mol. The standard InChI is InChI=1S/C48H50N8O6/c1-48(19-20-48)28-55(41(57)26-51-46(59)61-2)27-40-49-24-39(52-40)35-16-15-33-21-32(13-14-34(33)22-35)29-9-11-30(12-10-29)38-25-50-44(53-38)43-36-17-18-37(23-36)56(43)45(58)42(54-47(60)62-3)31-7-5-4-6-8-31/h4-16,21-22,24-25,36-37,42-43H,17-20,23,26-28H2,1-3H3,(H,49,52)(H,50,53)(H,51,59)(H,54,60)/t36-,37+,42?,43-/m0/s1. The number of benzene rings is 4. The lowest BCUT2D eigenvalue weighted by molar-refractivity contribution is -0.138. The van der Waals surface area contributed by atoms with Crippen molar-refractivity contribution in [3.05, 3.63) is 121 Å². The molecule has 3 aliphatic rings. The first kappa shape index (κ1) is 40.4. The zero-order valence-corrected chi connectivity index (χ0v) is 35.0. The largest absolute Gasteiger partial charge is 0.453 e. The molecule has 0 spiro atoms. The summed E-state index contributed by atoms with van der Waals surface area (Å²) in [5.74, 6) is 1.34. The van der Waals surface area contributed by atoms with Gasteiger partial charge in [0.1, 0.15) is 24.2 Å². The molecule has 1 aliphatic heterocycles. The molecule has 0 radical (unpaired) electrons. The summed E-state index contributed by atoms with van der Waals surface area (Å²) in [4.78, 5) is 71.4. The Kier molecular flexibility index (Phi) is 11.0. The van der Waals surface area contributed by atoms with E-state index in [2.05, 4.69) is 97.9 Å². The number of fused-ring (bicyclic) bond motifs is 3. The summed E-state index contributed by atoms with van der Waals surface area (Å²) in [6, 6.07) is 29.4. The topological polar surface area (TPSA) is 175 Å². The van der Waals surface area contributed by atoms with Crippen molar-refractivity contribution in [2.24, 2.45) is 11.3 Å². The van der Waals surface area contributed by atoms with Crippen LogP contribution in [-0.2, 0) is 25.6 Å². The Labute approximate surface area is 359 Å². The van der Waals surface area contributed by atoms with Crippen LogP contribution < -0.4 is 10.6 Å². The lowest BCUT2D eigenvalue weighted by Gasteiger charge is -2.36. The number of alkyl carbamates (subject to hydrolysis) is 2. The van der Waals surface area contributed by atoms with E-state index in [9.17, 15) is 19.2 Å². The Morgan fingerprint density at radius 2 is 1.47 bits per heavy atom. The molecular weight excluding hydrogens is 785 g/mol. The lowest BCUT2D eigenvalue weighted by Crippen LogP contribution is -2.47. The molecule has 2 aromatic heterocycles. The molecule has 2 saturated carbocycles. The number of rotatable bonds is 13. The number of aromatic nitrogens is 4. The maximum absolute atomic E-state index is 14.3. The number of aromatic amines is 2. The van der Waals surface area contributed by atoms with Crippen LogP contribution in [0.4, 0.5) is 9.59 Å². The van der Waals surface area contributed by atoms with Crippen molar-refractivity contribution in [3.63, 3.8) is 0 Å². The lowest BCUT2D eigenvalue weighted by atomic mass is 9.96. The number of imidazole rings is 2. The second-order valence-electron chi connectivity index (χ2n) is 17.1. The van der Waals surface area contributed by atoms with E-state index < -0.39 is 18.2 Å². The van der Waals surface area contributed by atoms with Gasteiger partial charge in [0.25, 0.3) is 5.91 Å². The van der Waals surface area contributed by atoms with Gasteiger partial charge in [0.15, 0.2) is 0 Å². The average molecular weight is 835 g/mol. The molecule has 62 heavy (non-hydrogen) atoms. The van der Waals surface area contributed by atoms with E-state index in [0.29, 0.717) is 24.5 Å². The number of piperidine rings is 1. The molecule has 4 amide bonds. The number of ether oxygens (including phenoxy) is 2. The van der Waals surface area contributed by atoms with E-state index in [4.69, 9.17) is 9.72 Å². The van der Waals surface area contributed by atoms with Crippen LogP contribution in [0.1, 0.15) is 68.3 Å². The molecule has 2 bridgehead atoms. The molecule has 14 heteroatoms. The van der Waals surface area contributed by atoms with Gasteiger partial charge in [0.05, 0.1) is 50.6 Å². The zero-order valence-electron chi connectivity index (χ0n) is 35.0. The van der Waals surface area contributed by atoms with Crippen molar-refractivity contribution >= 4 is 34.8 Å². The quantitative estimate of drug-likeness (QED) is 0.0908. The van der Waals surface area contributed by atoms with Crippen molar-refractivity contribution in [1.82, 2.24) is 40.4 Å². The molecule has 2 aliphatic carbocycles. The highest BCUT2D eigenvalue weighted by molar-refractivity contribution is 5.91. The summed E-state index contributed by atoms with van der Waals surface area (Å²) in [7, 11) is 2.57. The number of hydrogen-bond acceptors (Lipinski definition) is 8. The van der Waals surface area contributed by atoms with Crippen molar-refractivity contribution in [1.29, 1.82) is 0 Å². The fraction of sp³-hybridized carbons (Fsp3) is 0.333. The van der Waals surface area contributed by atoms with Gasteiger partial charge in [-0.3, -0.25) is 9.59 Å². The summed E-state index contributed by atoms with van der Waals surface area (Å²) in [6.07, 6.45) is 7.30. The molecule has 4 aromatic carbocycles. The molecule has 4 N–H and O–H groups in total. The Morgan fingerprint density at radius 1 is 0.806 bits per heavy atom. The summed E-state index contributed by atoms with van der Waals surface area (Å²) in [6.45, 7) is 2.93. The predicted octanol–water partition coefficient (Wildman–Crippen LogP) is 7.92. The van der Waals surface area contributed by atoms with Crippen LogP contribution in [0.2, 0.25) is 0 Å². The van der Waals surface area contributed by atoms with Gasteiger partial charge in [0.2, 0.25) is 5.91 Å². The summed E-state index contributed by atoms with van der Waals surface area (Å²) in [5, 5.41) is 7.45. The van der Waals surface area contributed by atoms with Crippen LogP contribution in [0, 0.1) is 11.3 Å². The van der Waals surface area contributed by atoms with Crippen molar-refractivity contribution in [2.75, 3.05) is 27.3 Å². The first-order chi connectivity index (χ1) is 30.1. The number of nitrogens with zero attached hydrogens (tertiary/aromatic N) is 4. The van der Waals surface area contributed by atoms with Crippen LogP contribution in [0.15, 0.2) is 103 Å². The number of carbonyl (C=O) groups is 4. The molecule has 1 saturated heterocycles. The highest BCUT2D eigenvalue weighted by Crippen LogP contribution is 2.51. The first-order valence-electron chi connectivity index (χ1n) is 21.1. The van der Waals surface area contributed by atoms with Gasteiger partial charge < -0.3 is 39.9 Å². The highest BCUT2D eigenvalue weighted by atomic mass is 16.5.